The van der Waals surface area contributed by atoms with Gasteiger partial charge >= 0.3 is 0 Å². The molecular formula is C15H22N4O2. The number of hydrogen-bond donors (Lipinski definition) is 1. The minimum absolute atomic E-state index is 0.0271. The maximum atomic E-state index is 12.2. The molecule has 0 bridgehead atoms. The van der Waals surface area contributed by atoms with Crippen LogP contribution in [-0.4, -0.2) is 40.0 Å². The highest BCUT2D eigenvalue weighted by molar-refractivity contribution is 5.90. The van der Waals surface area contributed by atoms with Gasteiger partial charge in [0.1, 0.15) is 5.76 Å². The van der Waals surface area contributed by atoms with E-state index in [9.17, 15) is 4.79 Å². The summed E-state index contributed by atoms with van der Waals surface area (Å²) in [5.74, 6) is 1.10. The molecule has 1 N–H and O–H groups in total. The van der Waals surface area contributed by atoms with E-state index in [4.69, 9.17) is 4.42 Å². The summed E-state index contributed by atoms with van der Waals surface area (Å²) in [5, 5.41) is 2.94. The molecule has 0 aliphatic carbocycles. The SMILES string of the molecule is CCN(CC)C(CNC(=O)c1nccn1C)c1ccco1. The van der Waals surface area contributed by atoms with E-state index in [-0.39, 0.29) is 11.9 Å². The monoisotopic (exact) mass is 290 g/mol. The van der Waals surface area contributed by atoms with Crippen molar-refractivity contribution in [2.45, 2.75) is 19.9 Å². The van der Waals surface area contributed by atoms with Gasteiger partial charge in [-0.3, -0.25) is 9.69 Å². The van der Waals surface area contributed by atoms with E-state index >= 15 is 0 Å². The zero-order valence-electron chi connectivity index (χ0n) is 12.7. The zero-order valence-corrected chi connectivity index (χ0v) is 12.7. The lowest BCUT2D eigenvalue weighted by Crippen LogP contribution is -2.38. The summed E-state index contributed by atoms with van der Waals surface area (Å²) in [6.45, 7) is 6.46. The first-order valence-electron chi connectivity index (χ1n) is 7.20. The summed E-state index contributed by atoms with van der Waals surface area (Å²) >= 11 is 0. The Kier molecular flexibility index (Phi) is 5.16. The average molecular weight is 290 g/mol. The molecule has 2 rings (SSSR count). The minimum atomic E-state index is -0.175. The Labute approximate surface area is 124 Å². The van der Waals surface area contributed by atoms with E-state index in [1.54, 1.807) is 30.3 Å². The fraction of sp³-hybridized carbons (Fsp3) is 0.467. The highest BCUT2D eigenvalue weighted by Gasteiger charge is 2.22. The van der Waals surface area contributed by atoms with Crippen molar-refractivity contribution in [3.63, 3.8) is 0 Å². The van der Waals surface area contributed by atoms with Crippen LogP contribution in [0.4, 0.5) is 0 Å². The molecule has 2 heterocycles. The van der Waals surface area contributed by atoms with E-state index in [1.165, 1.54) is 0 Å². The summed E-state index contributed by atoms with van der Waals surface area (Å²) in [6.07, 6.45) is 5.03. The number of nitrogens with zero attached hydrogens (tertiary/aromatic N) is 3. The van der Waals surface area contributed by atoms with E-state index in [0.717, 1.165) is 18.8 Å². The Hall–Kier alpha value is -2.08. The minimum Gasteiger partial charge on any atom is -0.468 e. The van der Waals surface area contributed by atoms with Crippen molar-refractivity contribution >= 4 is 5.91 Å². The fourth-order valence-corrected chi connectivity index (χ4v) is 2.41. The molecular weight excluding hydrogens is 268 g/mol. The number of aromatic nitrogens is 2. The molecule has 1 amide bonds. The lowest BCUT2D eigenvalue weighted by Gasteiger charge is -2.28. The number of carbonyl (C=O) groups excluding carboxylic acids is 1. The lowest BCUT2D eigenvalue weighted by molar-refractivity contribution is 0.0916. The first-order chi connectivity index (χ1) is 10.2. The molecule has 0 aliphatic heterocycles. The number of furan rings is 1. The van der Waals surface area contributed by atoms with Gasteiger partial charge in [0.05, 0.1) is 12.3 Å². The van der Waals surface area contributed by atoms with E-state index in [2.05, 4.69) is 29.0 Å². The number of carbonyl (C=O) groups is 1. The van der Waals surface area contributed by atoms with Crippen LogP contribution < -0.4 is 5.32 Å². The van der Waals surface area contributed by atoms with Gasteiger partial charge in [0.2, 0.25) is 0 Å². The van der Waals surface area contributed by atoms with Crippen LogP contribution in [0.5, 0.6) is 0 Å². The van der Waals surface area contributed by atoms with Crippen LogP contribution in [0, 0.1) is 0 Å². The summed E-state index contributed by atoms with van der Waals surface area (Å²) < 4.78 is 7.22. The number of likely N-dealkylation sites (N-methyl/N-ethyl adjacent to an activating group) is 1. The molecule has 0 aliphatic rings. The number of hydrogen-bond acceptors (Lipinski definition) is 4. The maximum absolute atomic E-state index is 12.2. The largest absolute Gasteiger partial charge is 0.468 e. The highest BCUT2D eigenvalue weighted by atomic mass is 16.3. The lowest BCUT2D eigenvalue weighted by atomic mass is 10.2. The Balaban J connectivity index is 2.06. The molecule has 2 aromatic rings. The van der Waals surface area contributed by atoms with Crippen molar-refractivity contribution in [1.82, 2.24) is 19.8 Å². The smallest absolute Gasteiger partial charge is 0.287 e. The average Bonchev–Trinajstić information content (AvgIpc) is 3.14. The van der Waals surface area contributed by atoms with Crippen molar-refractivity contribution in [2.75, 3.05) is 19.6 Å². The standard InChI is InChI=1S/C15H22N4O2/c1-4-19(5-2)12(13-7-6-10-21-13)11-17-15(20)14-16-8-9-18(14)3/h6-10,12H,4-5,11H2,1-3H3,(H,17,20). The summed E-state index contributed by atoms with van der Waals surface area (Å²) in [7, 11) is 1.80. The molecule has 0 aromatic carbocycles. The van der Waals surface area contributed by atoms with Crippen molar-refractivity contribution < 1.29 is 9.21 Å². The zero-order chi connectivity index (χ0) is 15.2. The van der Waals surface area contributed by atoms with Crippen LogP contribution in [0.15, 0.2) is 35.2 Å². The van der Waals surface area contributed by atoms with Crippen LogP contribution in [0.3, 0.4) is 0 Å². The van der Waals surface area contributed by atoms with Gasteiger partial charge in [-0.05, 0) is 25.2 Å². The number of aryl methyl sites for hydroxylation is 1. The molecule has 0 spiro atoms. The Morgan fingerprint density at radius 1 is 1.48 bits per heavy atom. The third-order valence-corrected chi connectivity index (χ3v) is 3.60. The molecule has 1 unspecified atom stereocenters. The second-order valence-electron chi connectivity index (χ2n) is 4.82. The molecule has 1 atom stereocenters. The highest BCUT2D eigenvalue weighted by Crippen LogP contribution is 2.20. The number of nitrogens with one attached hydrogen (secondary N) is 1. The molecule has 2 aromatic heterocycles. The fourth-order valence-electron chi connectivity index (χ4n) is 2.41. The summed E-state index contributed by atoms with van der Waals surface area (Å²) in [4.78, 5) is 18.5. The van der Waals surface area contributed by atoms with Gasteiger partial charge in [-0.15, -0.1) is 0 Å². The maximum Gasteiger partial charge on any atom is 0.287 e. The van der Waals surface area contributed by atoms with Crippen LogP contribution >= 0.6 is 0 Å². The van der Waals surface area contributed by atoms with E-state index in [0.29, 0.717) is 12.4 Å². The van der Waals surface area contributed by atoms with Crippen molar-refractivity contribution in [1.29, 1.82) is 0 Å². The van der Waals surface area contributed by atoms with E-state index in [1.807, 2.05) is 12.1 Å². The van der Waals surface area contributed by atoms with Crippen LogP contribution in [0.25, 0.3) is 0 Å². The second kappa shape index (κ2) is 7.08. The first kappa shape index (κ1) is 15.3. The predicted octanol–water partition coefficient (Wildman–Crippen LogP) is 1.83. The quantitative estimate of drug-likeness (QED) is 0.845. The third-order valence-electron chi connectivity index (χ3n) is 3.60. The van der Waals surface area contributed by atoms with Crippen LogP contribution in [-0.2, 0) is 7.05 Å². The Bertz CT molecular complexity index is 558. The summed E-state index contributed by atoms with van der Waals surface area (Å²) in [6, 6.07) is 3.83. The topological polar surface area (TPSA) is 63.3 Å². The second-order valence-corrected chi connectivity index (χ2v) is 4.82. The number of rotatable bonds is 7. The first-order valence-corrected chi connectivity index (χ1v) is 7.20. The normalized spacial score (nSPS) is 12.6. The molecule has 0 radical (unpaired) electrons. The van der Waals surface area contributed by atoms with Gasteiger partial charge in [-0.25, -0.2) is 4.98 Å². The van der Waals surface area contributed by atoms with Crippen molar-refractivity contribution in [3.8, 4) is 0 Å². The summed E-state index contributed by atoms with van der Waals surface area (Å²) in [5.41, 5.74) is 0. The van der Waals surface area contributed by atoms with Crippen LogP contribution in [0.2, 0.25) is 0 Å². The van der Waals surface area contributed by atoms with Gasteiger partial charge in [0.15, 0.2) is 5.82 Å². The number of imidazole rings is 1. The molecule has 6 nitrogen and oxygen atoms in total. The molecule has 114 valence electrons. The molecule has 21 heavy (non-hydrogen) atoms. The van der Waals surface area contributed by atoms with Gasteiger partial charge < -0.3 is 14.3 Å². The predicted molar refractivity (Wildman–Crippen MR) is 79.9 cm³/mol. The third kappa shape index (κ3) is 3.52. The van der Waals surface area contributed by atoms with Gasteiger partial charge in [-0.1, -0.05) is 13.8 Å². The van der Waals surface area contributed by atoms with Crippen LogP contribution in [0.1, 0.15) is 36.3 Å². The number of amides is 1. The van der Waals surface area contributed by atoms with E-state index < -0.39 is 0 Å². The van der Waals surface area contributed by atoms with Gasteiger partial charge in [-0.2, -0.15) is 0 Å². The molecule has 6 heteroatoms. The molecule has 0 saturated heterocycles. The van der Waals surface area contributed by atoms with Gasteiger partial charge in [0.25, 0.3) is 5.91 Å². The van der Waals surface area contributed by atoms with Gasteiger partial charge in [0, 0.05) is 26.0 Å². The Morgan fingerprint density at radius 3 is 2.76 bits per heavy atom. The Morgan fingerprint density at radius 2 is 2.24 bits per heavy atom. The molecule has 0 fully saturated rings. The molecule has 0 saturated carbocycles. The van der Waals surface area contributed by atoms with Crippen molar-refractivity contribution in [2.24, 2.45) is 7.05 Å². The van der Waals surface area contributed by atoms with Crippen molar-refractivity contribution in [3.05, 3.63) is 42.4 Å².